The van der Waals surface area contributed by atoms with E-state index in [1.807, 2.05) is 0 Å². The summed E-state index contributed by atoms with van der Waals surface area (Å²) in [5.41, 5.74) is 0. The van der Waals surface area contributed by atoms with Gasteiger partial charge in [0.15, 0.2) is 6.10 Å². The highest BCUT2D eigenvalue weighted by molar-refractivity contribution is 5.71. The first-order valence-electron chi connectivity index (χ1n) is 32.8. The third-order valence-electron chi connectivity index (χ3n) is 14.5. The Morgan fingerprint density at radius 2 is 0.480 bits per heavy atom. The van der Waals surface area contributed by atoms with E-state index in [9.17, 15) is 14.4 Å². The van der Waals surface area contributed by atoms with Gasteiger partial charge in [-0.1, -0.05) is 293 Å². The number of hydrogen-bond acceptors (Lipinski definition) is 6. The Kier molecular flexibility index (Phi) is 61.2. The summed E-state index contributed by atoms with van der Waals surface area (Å²) in [7, 11) is 0. The monoisotopic (exact) mass is 1050 g/mol. The van der Waals surface area contributed by atoms with Gasteiger partial charge in [-0.25, -0.2) is 0 Å². The molecule has 75 heavy (non-hydrogen) atoms. The predicted molar refractivity (Wildman–Crippen MR) is 325 cm³/mol. The van der Waals surface area contributed by atoms with E-state index < -0.39 is 6.10 Å². The van der Waals surface area contributed by atoms with Gasteiger partial charge in [-0.05, 0) is 89.9 Å². The Labute approximate surface area is 466 Å². The van der Waals surface area contributed by atoms with Crippen molar-refractivity contribution in [2.75, 3.05) is 13.2 Å². The fourth-order valence-corrected chi connectivity index (χ4v) is 9.54. The van der Waals surface area contributed by atoms with Crippen LogP contribution in [0.15, 0.2) is 60.8 Å². The van der Waals surface area contributed by atoms with Crippen molar-refractivity contribution in [3.8, 4) is 0 Å². The lowest BCUT2D eigenvalue weighted by Gasteiger charge is -2.18. The third kappa shape index (κ3) is 61.8. The summed E-state index contributed by atoms with van der Waals surface area (Å²) in [6, 6.07) is 0. The fourth-order valence-electron chi connectivity index (χ4n) is 9.54. The Morgan fingerprint density at radius 3 is 0.773 bits per heavy atom. The molecule has 0 aliphatic carbocycles. The zero-order chi connectivity index (χ0) is 54.3. The SMILES string of the molecule is CCCCC/C=C\C/C=C\CCCCCCCC(=O)OC(COC(=O)CCCCCCCCCCCCC)COC(=O)CCCCCCCCCCCCCCCCCC/C=C\C/C=C\C/C=C\CCCCCCC. The normalized spacial score (nSPS) is 12.4. The van der Waals surface area contributed by atoms with Crippen LogP contribution in [0, 0.1) is 0 Å². The van der Waals surface area contributed by atoms with E-state index in [0.29, 0.717) is 19.3 Å². The van der Waals surface area contributed by atoms with Crippen LogP contribution in [0.3, 0.4) is 0 Å². The second kappa shape index (κ2) is 63.6. The Morgan fingerprint density at radius 1 is 0.267 bits per heavy atom. The molecule has 1 unspecified atom stereocenters. The highest BCUT2D eigenvalue weighted by Gasteiger charge is 2.19. The second-order valence-corrected chi connectivity index (χ2v) is 22.0. The summed E-state index contributed by atoms with van der Waals surface area (Å²) in [6.45, 7) is 6.62. The van der Waals surface area contributed by atoms with Crippen molar-refractivity contribution in [2.45, 2.75) is 348 Å². The van der Waals surface area contributed by atoms with E-state index in [1.54, 1.807) is 0 Å². The van der Waals surface area contributed by atoms with Crippen LogP contribution in [0.1, 0.15) is 342 Å². The standard InChI is InChI=1S/C69H124O6/c1-4-7-10-13-16-19-22-24-26-27-28-29-30-31-32-33-34-35-36-37-38-39-40-41-43-44-47-50-53-56-59-62-68(71)74-65-66(64-73-67(70)61-58-55-52-49-46-21-18-15-12-9-6-3)75-69(72)63-60-57-54-51-48-45-42-25-23-20-17-14-11-8-5-2/h17,20,22,24-25,27-28,30-31,42,66H,4-16,18-19,21,23,26,29,32-41,43-65H2,1-3H3/b20-17-,24-22-,28-27-,31-30-,42-25-. The lowest BCUT2D eigenvalue weighted by Crippen LogP contribution is -2.30. The molecule has 6 nitrogen and oxygen atoms in total. The summed E-state index contributed by atoms with van der Waals surface area (Å²) in [5.74, 6) is -0.874. The minimum Gasteiger partial charge on any atom is -0.462 e. The number of rotatable bonds is 60. The van der Waals surface area contributed by atoms with Crippen LogP contribution in [0.4, 0.5) is 0 Å². The zero-order valence-corrected chi connectivity index (χ0v) is 50.1. The number of esters is 3. The highest BCUT2D eigenvalue weighted by atomic mass is 16.6. The van der Waals surface area contributed by atoms with Crippen LogP contribution in [0.25, 0.3) is 0 Å². The van der Waals surface area contributed by atoms with Crippen molar-refractivity contribution in [1.82, 2.24) is 0 Å². The molecule has 0 spiro atoms. The maximum atomic E-state index is 12.9. The van der Waals surface area contributed by atoms with Crippen molar-refractivity contribution in [3.05, 3.63) is 60.8 Å². The molecule has 0 rings (SSSR count). The molecule has 0 radical (unpaired) electrons. The zero-order valence-electron chi connectivity index (χ0n) is 50.1. The molecular weight excluding hydrogens is 925 g/mol. The molecule has 0 aliphatic rings. The summed E-state index contributed by atoms with van der Waals surface area (Å²) < 4.78 is 16.9. The second-order valence-electron chi connectivity index (χ2n) is 22.0. The van der Waals surface area contributed by atoms with Crippen LogP contribution in [0.5, 0.6) is 0 Å². The molecule has 0 saturated carbocycles. The molecule has 436 valence electrons. The molecule has 0 aliphatic heterocycles. The number of hydrogen-bond donors (Lipinski definition) is 0. The molecule has 0 aromatic heterocycles. The van der Waals surface area contributed by atoms with Gasteiger partial charge in [-0.3, -0.25) is 14.4 Å². The molecule has 0 N–H and O–H groups in total. The first-order chi connectivity index (χ1) is 37.0. The van der Waals surface area contributed by atoms with Gasteiger partial charge in [-0.2, -0.15) is 0 Å². The first-order valence-corrected chi connectivity index (χ1v) is 32.8. The van der Waals surface area contributed by atoms with Gasteiger partial charge in [0.2, 0.25) is 0 Å². The summed E-state index contributed by atoms with van der Waals surface area (Å²) in [4.78, 5) is 38.2. The number of carbonyl (C=O) groups is 3. The molecule has 6 heteroatoms. The minimum absolute atomic E-state index is 0.0758. The summed E-state index contributed by atoms with van der Waals surface area (Å²) >= 11 is 0. The Hall–Kier alpha value is -2.89. The van der Waals surface area contributed by atoms with Gasteiger partial charge in [0.05, 0.1) is 0 Å². The van der Waals surface area contributed by atoms with Crippen molar-refractivity contribution in [2.24, 2.45) is 0 Å². The number of unbranched alkanes of at least 4 members (excludes halogenated alkanes) is 39. The minimum atomic E-state index is -0.778. The van der Waals surface area contributed by atoms with Gasteiger partial charge in [0.1, 0.15) is 13.2 Å². The molecular formula is C69H124O6. The van der Waals surface area contributed by atoms with E-state index in [4.69, 9.17) is 14.2 Å². The molecule has 0 heterocycles. The molecule has 0 aromatic rings. The maximum Gasteiger partial charge on any atom is 0.306 e. The van der Waals surface area contributed by atoms with Crippen molar-refractivity contribution < 1.29 is 28.6 Å². The van der Waals surface area contributed by atoms with Gasteiger partial charge < -0.3 is 14.2 Å². The van der Waals surface area contributed by atoms with E-state index in [0.717, 1.165) is 96.3 Å². The van der Waals surface area contributed by atoms with Crippen molar-refractivity contribution >= 4 is 17.9 Å². The lowest BCUT2D eigenvalue weighted by molar-refractivity contribution is -0.167. The van der Waals surface area contributed by atoms with E-state index in [2.05, 4.69) is 81.5 Å². The van der Waals surface area contributed by atoms with Gasteiger partial charge in [0, 0.05) is 19.3 Å². The van der Waals surface area contributed by atoms with Crippen molar-refractivity contribution in [3.63, 3.8) is 0 Å². The lowest BCUT2D eigenvalue weighted by atomic mass is 10.0. The molecule has 0 saturated heterocycles. The molecule has 0 fully saturated rings. The number of allylic oxidation sites excluding steroid dienone is 10. The van der Waals surface area contributed by atoms with Gasteiger partial charge in [0.25, 0.3) is 0 Å². The molecule has 1 atom stereocenters. The van der Waals surface area contributed by atoms with Crippen LogP contribution < -0.4 is 0 Å². The van der Waals surface area contributed by atoms with Crippen LogP contribution in [0.2, 0.25) is 0 Å². The molecule has 0 aromatic carbocycles. The van der Waals surface area contributed by atoms with Gasteiger partial charge >= 0.3 is 17.9 Å². The van der Waals surface area contributed by atoms with Crippen LogP contribution in [-0.4, -0.2) is 37.2 Å². The van der Waals surface area contributed by atoms with E-state index >= 15 is 0 Å². The average molecular weight is 1050 g/mol. The fraction of sp³-hybridized carbons (Fsp3) is 0.812. The summed E-state index contributed by atoms with van der Waals surface area (Å²) in [5, 5.41) is 0. The highest BCUT2D eigenvalue weighted by Crippen LogP contribution is 2.17. The van der Waals surface area contributed by atoms with Crippen LogP contribution >= 0.6 is 0 Å². The average Bonchev–Trinajstić information content (AvgIpc) is 3.41. The third-order valence-corrected chi connectivity index (χ3v) is 14.5. The number of ether oxygens (including phenoxy) is 3. The quantitative estimate of drug-likeness (QED) is 0.0261. The van der Waals surface area contributed by atoms with E-state index in [1.165, 1.54) is 205 Å². The summed E-state index contributed by atoms with van der Waals surface area (Å²) in [6.07, 6.45) is 81.0. The Balaban J connectivity index is 4.13. The van der Waals surface area contributed by atoms with Crippen LogP contribution in [-0.2, 0) is 28.6 Å². The van der Waals surface area contributed by atoms with Crippen molar-refractivity contribution in [1.29, 1.82) is 0 Å². The maximum absolute atomic E-state index is 12.9. The topological polar surface area (TPSA) is 78.9 Å². The van der Waals surface area contributed by atoms with Gasteiger partial charge in [-0.15, -0.1) is 0 Å². The smallest absolute Gasteiger partial charge is 0.306 e. The molecule has 0 bridgehead atoms. The van der Waals surface area contributed by atoms with E-state index in [-0.39, 0.29) is 31.1 Å². The molecule has 0 amide bonds. The Bertz CT molecular complexity index is 1340. The predicted octanol–water partition coefficient (Wildman–Crippen LogP) is 22.3. The largest absolute Gasteiger partial charge is 0.462 e. The number of carbonyl (C=O) groups excluding carboxylic acids is 3. The first kappa shape index (κ1) is 72.1.